The van der Waals surface area contributed by atoms with E-state index in [-0.39, 0.29) is 18.3 Å². The Morgan fingerprint density at radius 2 is 2.20 bits per heavy atom. The van der Waals surface area contributed by atoms with Crippen molar-refractivity contribution in [2.24, 2.45) is 5.92 Å². The molecule has 1 rings (SSSR count). The molecular formula is C15H18N2O2S. The molecule has 0 radical (unpaired) electrons. The maximum Gasteiger partial charge on any atom is 0.305 e. The van der Waals surface area contributed by atoms with Gasteiger partial charge in [-0.05, 0) is 36.3 Å². The highest BCUT2D eigenvalue weighted by atomic mass is 32.1. The zero-order chi connectivity index (χ0) is 15.2. The van der Waals surface area contributed by atoms with Gasteiger partial charge in [0.15, 0.2) is 0 Å². The summed E-state index contributed by atoms with van der Waals surface area (Å²) in [5.74, 6) is -0.244. The minimum absolute atomic E-state index is 0.0445. The van der Waals surface area contributed by atoms with Gasteiger partial charge in [0, 0.05) is 6.42 Å². The molecule has 106 valence electrons. The zero-order valence-corrected chi connectivity index (χ0v) is 12.8. The van der Waals surface area contributed by atoms with Gasteiger partial charge in [-0.15, -0.1) is 11.3 Å². The van der Waals surface area contributed by atoms with Crippen molar-refractivity contribution in [3.05, 3.63) is 21.9 Å². The minimum Gasteiger partial charge on any atom is -0.466 e. The molecule has 1 atom stereocenters. The Labute approximate surface area is 123 Å². The number of hydrogen-bond donors (Lipinski definition) is 0. The van der Waals surface area contributed by atoms with Crippen molar-refractivity contribution in [1.29, 1.82) is 10.5 Å². The molecule has 0 N–H and O–H groups in total. The number of ether oxygens (including phenoxy) is 1. The predicted molar refractivity (Wildman–Crippen MR) is 77.0 cm³/mol. The highest BCUT2D eigenvalue weighted by Gasteiger charge is 2.37. The van der Waals surface area contributed by atoms with E-state index in [1.54, 1.807) is 13.0 Å². The molecule has 0 fully saturated rings. The van der Waals surface area contributed by atoms with Gasteiger partial charge in [0.25, 0.3) is 0 Å². The standard InChI is InChI=1S/C15H18N2O2S/c1-4-19-14(18)5-6-15(10-17,11(2)3)12-7-13(8-16)20-9-12/h7,9,11H,4-6H2,1-3H3. The number of rotatable bonds is 6. The topological polar surface area (TPSA) is 73.9 Å². The largest absolute Gasteiger partial charge is 0.466 e. The Bertz CT molecular complexity index is 551. The summed E-state index contributed by atoms with van der Waals surface area (Å²) in [4.78, 5) is 12.1. The third-order valence-electron chi connectivity index (χ3n) is 3.44. The number of hydrogen-bond acceptors (Lipinski definition) is 5. The van der Waals surface area contributed by atoms with E-state index in [2.05, 4.69) is 12.1 Å². The van der Waals surface area contributed by atoms with Crippen LogP contribution >= 0.6 is 11.3 Å². The van der Waals surface area contributed by atoms with Crippen LogP contribution in [0.5, 0.6) is 0 Å². The fourth-order valence-electron chi connectivity index (χ4n) is 2.18. The molecule has 1 unspecified atom stereocenters. The van der Waals surface area contributed by atoms with Crippen molar-refractivity contribution in [3.8, 4) is 12.1 Å². The van der Waals surface area contributed by atoms with Crippen molar-refractivity contribution in [2.75, 3.05) is 6.61 Å². The van der Waals surface area contributed by atoms with Gasteiger partial charge in [0.2, 0.25) is 0 Å². The molecule has 4 nitrogen and oxygen atoms in total. The monoisotopic (exact) mass is 290 g/mol. The lowest BCUT2D eigenvalue weighted by molar-refractivity contribution is -0.143. The predicted octanol–water partition coefficient (Wildman–Crippen LogP) is 3.38. The minimum atomic E-state index is -0.752. The van der Waals surface area contributed by atoms with E-state index in [0.29, 0.717) is 17.9 Å². The molecule has 1 heterocycles. The average Bonchev–Trinajstić information content (AvgIpc) is 2.89. The normalized spacial score (nSPS) is 13.3. The van der Waals surface area contributed by atoms with Crippen LogP contribution in [0.25, 0.3) is 0 Å². The number of nitrogens with zero attached hydrogens (tertiary/aromatic N) is 2. The third kappa shape index (κ3) is 3.37. The van der Waals surface area contributed by atoms with E-state index in [1.165, 1.54) is 11.3 Å². The maximum absolute atomic E-state index is 11.5. The zero-order valence-electron chi connectivity index (χ0n) is 12.0. The highest BCUT2D eigenvalue weighted by molar-refractivity contribution is 7.10. The lowest BCUT2D eigenvalue weighted by atomic mass is 9.70. The second-order valence-corrected chi connectivity index (χ2v) is 5.77. The van der Waals surface area contributed by atoms with Gasteiger partial charge >= 0.3 is 5.97 Å². The lowest BCUT2D eigenvalue weighted by Gasteiger charge is -2.29. The summed E-state index contributed by atoms with van der Waals surface area (Å²) < 4.78 is 4.93. The molecule has 0 spiro atoms. The summed E-state index contributed by atoms with van der Waals surface area (Å²) in [6, 6.07) is 6.19. The van der Waals surface area contributed by atoms with Crippen LogP contribution in [-0.2, 0) is 14.9 Å². The SMILES string of the molecule is CCOC(=O)CCC(C#N)(c1csc(C#N)c1)C(C)C. The number of thiophene rings is 1. The van der Waals surface area contributed by atoms with Crippen LogP contribution in [0.1, 0.15) is 44.1 Å². The van der Waals surface area contributed by atoms with E-state index in [0.717, 1.165) is 5.56 Å². The molecule has 0 saturated carbocycles. The van der Waals surface area contributed by atoms with Crippen LogP contribution in [0.4, 0.5) is 0 Å². The molecule has 0 bridgehead atoms. The molecule has 1 aromatic rings. The summed E-state index contributed by atoms with van der Waals surface area (Å²) in [7, 11) is 0. The quantitative estimate of drug-likeness (QED) is 0.753. The summed E-state index contributed by atoms with van der Waals surface area (Å²) in [5.41, 5.74) is 0.0686. The first kappa shape index (κ1) is 16.2. The molecule has 0 saturated heterocycles. The molecule has 0 amide bonds. The van der Waals surface area contributed by atoms with Gasteiger partial charge in [-0.2, -0.15) is 10.5 Å². The van der Waals surface area contributed by atoms with Gasteiger partial charge in [-0.1, -0.05) is 13.8 Å². The number of carbonyl (C=O) groups excluding carboxylic acids is 1. The first-order chi connectivity index (χ1) is 9.50. The second kappa shape index (κ2) is 7.07. The Balaban J connectivity index is 3.02. The summed E-state index contributed by atoms with van der Waals surface area (Å²) in [6.07, 6.45) is 0.610. The molecule has 0 aliphatic rings. The molecule has 1 aromatic heterocycles. The van der Waals surface area contributed by atoms with Crippen LogP contribution in [-0.4, -0.2) is 12.6 Å². The fourth-order valence-corrected chi connectivity index (χ4v) is 2.96. The third-order valence-corrected chi connectivity index (χ3v) is 4.27. The molecular weight excluding hydrogens is 272 g/mol. The average molecular weight is 290 g/mol. The van der Waals surface area contributed by atoms with Crippen LogP contribution in [0, 0.1) is 28.6 Å². The van der Waals surface area contributed by atoms with Gasteiger partial charge < -0.3 is 4.74 Å². The Morgan fingerprint density at radius 3 is 2.65 bits per heavy atom. The van der Waals surface area contributed by atoms with Crippen molar-refractivity contribution >= 4 is 17.3 Å². The van der Waals surface area contributed by atoms with Crippen molar-refractivity contribution in [1.82, 2.24) is 0 Å². The number of carbonyl (C=O) groups is 1. The van der Waals surface area contributed by atoms with E-state index in [9.17, 15) is 10.1 Å². The van der Waals surface area contributed by atoms with E-state index in [1.807, 2.05) is 19.2 Å². The fraction of sp³-hybridized carbons (Fsp3) is 0.533. The van der Waals surface area contributed by atoms with Crippen LogP contribution in [0.2, 0.25) is 0 Å². The number of esters is 1. The van der Waals surface area contributed by atoms with Gasteiger partial charge in [-0.3, -0.25) is 4.79 Å². The van der Waals surface area contributed by atoms with Crippen LogP contribution < -0.4 is 0 Å². The van der Waals surface area contributed by atoms with Gasteiger partial charge in [0.1, 0.15) is 10.9 Å². The molecule has 5 heteroatoms. The Kier molecular flexibility index (Phi) is 5.73. The summed E-state index contributed by atoms with van der Waals surface area (Å²) >= 11 is 1.33. The smallest absolute Gasteiger partial charge is 0.305 e. The first-order valence-electron chi connectivity index (χ1n) is 6.56. The summed E-state index contributed by atoms with van der Waals surface area (Å²) in [6.45, 7) is 6.02. The van der Waals surface area contributed by atoms with E-state index < -0.39 is 5.41 Å². The van der Waals surface area contributed by atoms with Crippen LogP contribution in [0.3, 0.4) is 0 Å². The second-order valence-electron chi connectivity index (χ2n) is 4.85. The lowest BCUT2D eigenvalue weighted by Crippen LogP contribution is -2.31. The van der Waals surface area contributed by atoms with Gasteiger partial charge in [-0.25, -0.2) is 0 Å². The molecule has 0 aliphatic heterocycles. The van der Waals surface area contributed by atoms with E-state index in [4.69, 9.17) is 10.00 Å². The van der Waals surface area contributed by atoms with Crippen molar-refractivity contribution in [2.45, 2.75) is 39.0 Å². The summed E-state index contributed by atoms with van der Waals surface area (Å²) in [5, 5.41) is 20.4. The van der Waals surface area contributed by atoms with Crippen LogP contribution in [0.15, 0.2) is 11.4 Å². The van der Waals surface area contributed by atoms with Gasteiger partial charge in [0.05, 0.1) is 18.1 Å². The maximum atomic E-state index is 11.5. The first-order valence-corrected chi connectivity index (χ1v) is 7.44. The number of nitriles is 2. The Morgan fingerprint density at radius 1 is 1.50 bits per heavy atom. The molecule has 0 aliphatic carbocycles. The molecule has 0 aromatic carbocycles. The van der Waals surface area contributed by atoms with E-state index >= 15 is 0 Å². The van der Waals surface area contributed by atoms with Crippen molar-refractivity contribution < 1.29 is 9.53 Å². The van der Waals surface area contributed by atoms with Crippen molar-refractivity contribution in [3.63, 3.8) is 0 Å². The molecule has 20 heavy (non-hydrogen) atoms. The Hall–Kier alpha value is -1.85. The highest BCUT2D eigenvalue weighted by Crippen LogP contribution is 2.38.